The topological polar surface area (TPSA) is 35.8 Å². The van der Waals surface area contributed by atoms with E-state index in [-0.39, 0.29) is 5.54 Å². The van der Waals surface area contributed by atoms with Crippen molar-refractivity contribution in [1.82, 2.24) is 5.32 Å². The molecule has 2 unspecified atom stereocenters. The second-order valence-corrected chi connectivity index (χ2v) is 5.74. The van der Waals surface area contributed by atoms with Crippen LogP contribution in [0.1, 0.15) is 51.0 Å². The maximum absolute atomic E-state index is 9.59. The van der Waals surface area contributed by atoms with Gasteiger partial charge in [0, 0.05) is 6.54 Å². The van der Waals surface area contributed by atoms with Crippen molar-refractivity contribution in [3.05, 3.63) is 35.9 Å². The first-order valence-corrected chi connectivity index (χ1v) is 7.48. The number of rotatable bonds is 4. The molecule has 102 valence electrons. The van der Waals surface area contributed by atoms with E-state index in [1.807, 2.05) is 6.07 Å². The summed E-state index contributed by atoms with van der Waals surface area (Å²) in [5, 5.41) is 13.1. The van der Waals surface area contributed by atoms with Crippen LogP contribution >= 0.6 is 0 Å². The molecule has 19 heavy (non-hydrogen) atoms. The van der Waals surface area contributed by atoms with Gasteiger partial charge in [-0.25, -0.2) is 0 Å². The summed E-state index contributed by atoms with van der Waals surface area (Å²) in [6.07, 6.45) is 6.88. The molecule has 2 heteroatoms. The SMILES string of the molecule is CCC1CCCC(C#N)(NCc2ccccc2)CC1. The fourth-order valence-electron chi connectivity index (χ4n) is 3.02. The third-order valence-corrected chi connectivity index (χ3v) is 4.46. The molecule has 0 spiro atoms. The predicted molar refractivity (Wildman–Crippen MR) is 78.5 cm³/mol. The van der Waals surface area contributed by atoms with Crippen LogP contribution < -0.4 is 5.32 Å². The molecule has 1 aromatic carbocycles. The Balaban J connectivity index is 1.97. The van der Waals surface area contributed by atoms with Gasteiger partial charge >= 0.3 is 0 Å². The van der Waals surface area contributed by atoms with Crippen LogP contribution in [-0.2, 0) is 6.54 Å². The Morgan fingerprint density at radius 1 is 1.26 bits per heavy atom. The Labute approximate surface area is 116 Å². The summed E-state index contributed by atoms with van der Waals surface area (Å²) >= 11 is 0. The van der Waals surface area contributed by atoms with Crippen LogP contribution in [0.25, 0.3) is 0 Å². The van der Waals surface area contributed by atoms with Crippen LogP contribution in [-0.4, -0.2) is 5.54 Å². The molecule has 0 bridgehead atoms. The highest BCUT2D eigenvalue weighted by Crippen LogP contribution is 2.31. The zero-order chi connectivity index (χ0) is 13.6. The average molecular weight is 256 g/mol. The summed E-state index contributed by atoms with van der Waals surface area (Å²) in [5.41, 5.74) is 0.952. The molecule has 0 saturated heterocycles. The molecule has 1 aromatic rings. The van der Waals surface area contributed by atoms with Crippen LogP contribution in [0.2, 0.25) is 0 Å². The molecule has 0 amide bonds. The second kappa shape index (κ2) is 6.73. The lowest BCUT2D eigenvalue weighted by Gasteiger charge is -2.26. The second-order valence-electron chi connectivity index (χ2n) is 5.74. The Hall–Kier alpha value is -1.33. The van der Waals surface area contributed by atoms with Crippen molar-refractivity contribution >= 4 is 0 Å². The summed E-state index contributed by atoms with van der Waals surface area (Å²) in [7, 11) is 0. The van der Waals surface area contributed by atoms with Gasteiger partial charge in [-0.15, -0.1) is 0 Å². The van der Waals surface area contributed by atoms with Gasteiger partial charge in [-0.1, -0.05) is 56.5 Å². The minimum absolute atomic E-state index is 0.306. The summed E-state index contributed by atoms with van der Waals surface area (Å²) in [6.45, 7) is 3.06. The van der Waals surface area contributed by atoms with Crippen LogP contribution in [0, 0.1) is 17.2 Å². The van der Waals surface area contributed by atoms with E-state index < -0.39 is 0 Å². The third kappa shape index (κ3) is 3.81. The number of nitrogens with zero attached hydrogens (tertiary/aromatic N) is 1. The predicted octanol–water partition coefficient (Wildman–Crippen LogP) is 4.03. The lowest BCUT2D eigenvalue weighted by atomic mass is 9.90. The monoisotopic (exact) mass is 256 g/mol. The molecule has 2 atom stereocenters. The molecule has 2 rings (SSSR count). The van der Waals surface area contributed by atoms with Gasteiger partial charge in [0.05, 0.1) is 6.07 Å². The van der Waals surface area contributed by atoms with E-state index in [9.17, 15) is 5.26 Å². The van der Waals surface area contributed by atoms with Gasteiger partial charge in [0.1, 0.15) is 5.54 Å². The van der Waals surface area contributed by atoms with Crippen LogP contribution in [0.5, 0.6) is 0 Å². The van der Waals surface area contributed by atoms with Crippen LogP contribution in [0.15, 0.2) is 30.3 Å². The molecule has 1 fully saturated rings. The van der Waals surface area contributed by atoms with Crippen molar-refractivity contribution in [1.29, 1.82) is 5.26 Å². The van der Waals surface area contributed by atoms with Crippen molar-refractivity contribution < 1.29 is 0 Å². The fourth-order valence-corrected chi connectivity index (χ4v) is 3.02. The Morgan fingerprint density at radius 2 is 2.05 bits per heavy atom. The fraction of sp³-hybridized carbons (Fsp3) is 0.588. The van der Waals surface area contributed by atoms with E-state index in [2.05, 4.69) is 42.6 Å². The smallest absolute Gasteiger partial charge is 0.107 e. The van der Waals surface area contributed by atoms with Gasteiger partial charge in [-0.2, -0.15) is 5.26 Å². The quantitative estimate of drug-likeness (QED) is 0.826. The van der Waals surface area contributed by atoms with Crippen molar-refractivity contribution in [2.45, 2.75) is 57.5 Å². The minimum Gasteiger partial charge on any atom is -0.295 e. The molecular weight excluding hydrogens is 232 g/mol. The van der Waals surface area contributed by atoms with E-state index in [4.69, 9.17) is 0 Å². The normalized spacial score (nSPS) is 27.5. The van der Waals surface area contributed by atoms with Crippen molar-refractivity contribution in [3.8, 4) is 6.07 Å². The van der Waals surface area contributed by atoms with Crippen LogP contribution in [0.3, 0.4) is 0 Å². The first-order chi connectivity index (χ1) is 9.28. The molecule has 0 radical (unpaired) electrons. The molecule has 0 aliphatic heterocycles. The average Bonchev–Trinajstić information content (AvgIpc) is 2.69. The van der Waals surface area contributed by atoms with E-state index >= 15 is 0 Å². The first kappa shape index (κ1) is 14.1. The largest absolute Gasteiger partial charge is 0.295 e. The Kier molecular flexibility index (Phi) is 4.99. The zero-order valence-electron chi connectivity index (χ0n) is 11.9. The summed E-state index contributed by atoms with van der Waals surface area (Å²) < 4.78 is 0. The number of nitriles is 1. The molecular formula is C17H24N2. The van der Waals surface area contributed by atoms with E-state index in [1.54, 1.807) is 0 Å². The number of hydrogen-bond donors (Lipinski definition) is 1. The maximum atomic E-state index is 9.59. The molecule has 1 saturated carbocycles. The Bertz CT molecular complexity index is 421. The molecule has 2 nitrogen and oxygen atoms in total. The van der Waals surface area contributed by atoms with Gasteiger partial charge in [-0.3, -0.25) is 5.32 Å². The van der Waals surface area contributed by atoms with Gasteiger partial charge in [0.25, 0.3) is 0 Å². The highest BCUT2D eigenvalue weighted by molar-refractivity contribution is 5.16. The van der Waals surface area contributed by atoms with Gasteiger partial charge in [-0.05, 0) is 30.7 Å². The lowest BCUT2D eigenvalue weighted by Crippen LogP contribution is -2.43. The van der Waals surface area contributed by atoms with E-state index in [0.29, 0.717) is 0 Å². The number of nitrogens with one attached hydrogen (secondary N) is 1. The first-order valence-electron chi connectivity index (χ1n) is 7.48. The molecule has 1 aliphatic carbocycles. The van der Waals surface area contributed by atoms with E-state index in [1.165, 1.54) is 31.2 Å². The molecule has 1 N–H and O–H groups in total. The third-order valence-electron chi connectivity index (χ3n) is 4.46. The Morgan fingerprint density at radius 3 is 2.74 bits per heavy atom. The minimum atomic E-state index is -0.306. The van der Waals surface area contributed by atoms with Gasteiger partial charge < -0.3 is 0 Å². The van der Waals surface area contributed by atoms with Crippen molar-refractivity contribution in [2.24, 2.45) is 5.92 Å². The van der Waals surface area contributed by atoms with Crippen molar-refractivity contribution in [3.63, 3.8) is 0 Å². The van der Waals surface area contributed by atoms with Gasteiger partial charge in [0.2, 0.25) is 0 Å². The summed E-state index contributed by atoms with van der Waals surface area (Å²) in [5.74, 6) is 0.814. The van der Waals surface area contributed by atoms with E-state index in [0.717, 1.165) is 25.3 Å². The standard InChI is InChI=1S/C17H24N2/c1-2-15-9-6-11-17(14-18,12-10-15)19-13-16-7-4-3-5-8-16/h3-5,7-8,15,19H,2,6,9-13H2,1H3. The lowest BCUT2D eigenvalue weighted by molar-refractivity contribution is 0.354. The number of hydrogen-bond acceptors (Lipinski definition) is 2. The number of benzene rings is 1. The summed E-state index contributed by atoms with van der Waals surface area (Å²) in [4.78, 5) is 0. The maximum Gasteiger partial charge on any atom is 0.107 e. The zero-order valence-corrected chi connectivity index (χ0v) is 11.9. The molecule has 0 heterocycles. The summed E-state index contributed by atoms with van der Waals surface area (Å²) in [6, 6.07) is 12.9. The van der Waals surface area contributed by atoms with Gasteiger partial charge in [0.15, 0.2) is 0 Å². The molecule has 0 aromatic heterocycles. The molecule has 1 aliphatic rings. The highest BCUT2D eigenvalue weighted by atomic mass is 15.0. The van der Waals surface area contributed by atoms with Crippen molar-refractivity contribution in [2.75, 3.05) is 0 Å². The van der Waals surface area contributed by atoms with Crippen LogP contribution in [0.4, 0.5) is 0 Å². The highest BCUT2D eigenvalue weighted by Gasteiger charge is 2.32.